The van der Waals surface area contributed by atoms with Gasteiger partial charge in [-0.15, -0.1) is 0 Å². The van der Waals surface area contributed by atoms with Gasteiger partial charge in [-0.2, -0.15) is 0 Å². The summed E-state index contributed by atoms with van der Waals surface area (Å²) in [6.07, 6.45) is 4.25. The van der Waals surface area contributed by atoms with Gasteiger partial charge in [0.15, 0.2) is 9.76 Å². The van der Waals surface area contributed by atoms with Gasteiger partial charge in [-0.1, -0.05) is 106 Å². The fraction of sp³-hybridized carbons (Fsp3) is 0.277. The number of rotatable bonds is 10. The van der Waals surface area contributed by atoms with E-state index in [-0.39, 0.29) is 16.6 Å². The summed E-state index contributed by atoms with van der Waals surface area (Å²) >= 11 is 0. The Hall–Kier alpha value is -5.95. The van der Waals surface area contributed by atoms with Gasteiger partial charge in [-0.25, -0.2) is 19.2 Å². The number of halogens is 1. The van der Waals surface area contributed by atoms with E-state index in [4.69, 9.17) is 9.41 Å². The van der Waals surface area contributed by atoms with Crippen LogP contribution < -0.4 is 5.32 Å². The monoisotopic (exact) mass is 810 g/mol. The van der Waals surface area contributed by atoms with Crippen molar-refractivity contribution < 1.29 is 23.5 Å². The van der Waals surface area contributed by atoms with Crippen molar-refractivity contribution in [3.8, 4) is 11.3 Å². The predicted octanol–water partition coefficient (Wildman–Crippen LogP) is 8.63. The molecule has 0 unspecified atom stereocenters. The SMILES string of the molecule is CN(C)C(=O)N1CC=C(c2cc3c(-c4cccc(NC(=O)c5ccc(C(C)(C)O)cc5F)c4C(O[SiH2]C(C)(C)C)(c4ccccc4)c4ccccc4)ncnc3[nH]2)CC1. The number of hydrogen-bond donors (Lipinski definition) is 3. The number of urea groups is 1. The Balaban J connectivity index is 1.47. The van der Waals surface area contributed by atoms with Crippen LogP contribution in [0.25, 0.3) is 27.9 Å². The van der Waals surface area contributed by atoms with E-state index in [0.717, 1.165) is 27.8 Å². The number of anilines is 1. The van der Waals surface area contributed by atoms with E-state index >= 15 is 4.39 Å². The summed E-state index contributed by atoms with van der Waals surface area (Å²) in [5, 5.41) is 14.3. The summed E-state index contributed by atoms with van der Waals surface area (Å²) < 4.78 is 23.3. The van der Waals surface area contributed by atoms with Crippen LogP contribution in [0.1, 0.15) is 79.3 Å². The zero-order chi connectivity index (χ0) is 42.1. The Morgan fingerprint density at radius 2 is 1.56 bits per heavy atom. The van der Waals surface area contributed by atoms with Gasteiger partial charge in [-0.3, -0.25) is 4.79 Å². The van der Waals surface area contributed by atoms with Crippen molar-refractivity contribution in [2.75, 3.05) is 32.5 Å². The van der Waals surface area contributed by atoms with Gasteiger partial charge < -0.3 is 29.6 Å². The third-order valence-corrected chi connectivity index (χ3v) is 12.0. The number of nitrogens with zero attached hydrogens (tertiary/aromatic N) is 4. The zero-order valence-electron chi connectivity index (χ0n) is 34.6. The molecule has 0 spiro atoms. The first-order valence-corrected chi connectivity index (χ1v) is 21.1. The molecular weight excluding hydrogens is 760 g/mol. The van der Waals surface area contributed by atoms with E-state index in [0.29, 0.717) is 53.2 Å². The summed E-state index contributed by atoms with van der Waals surface area (Å²) in [7, 11) is 2.17. The van der Waals surface area contributed by atoms with Gasteiger partial charge in [0.1, 0.15) is 23.4 Å². The van der Waals surface area contributed by atoms with Crippen molar-refractivity contribution in [2.45, 2.75) is 57.3 Å². The van der Waals surface area contributed by atoms with E-state index in [1.165, 1.54) is 18.5 Å². The fourth-order valence-corrected chi connectivity index (χ4v) is 8.69. The number of H-pyrrole nitrogens is 1. The highest BCUT2D eigenvalue weighted by molar-refractivity contribution is 6.32. The van der Waals surface area contributed by atoms with Gasteiger partial charge in [0.2, 0.25) is 0 Å². The third-order valence-electron chi connectivity index (χ3n) is 10.6. The molecule has 3 N–H and O–H groups in total. The van der Waals surface area contributed by atoms with E-state index in [9.17, 15) is 14.7 Å². The summed E-state index contributed by atoms with van der Waals surface area (Å²) in [5.74, 6) is -1.41. The maximum atomic E-state index is 15.8. The first-order valence-electron chi connectivity index (χ1n) is 19.8. The maximum absolute atomic E-state index is 15.8. The van der Waals surface area contributed by atoms with Crippen LogP contribution in [-0.2, 0) is 15.6 Å². The summed E-state index contributed by atoms with van der Waals surface area (Å²) in [4.78, 5) is 43.5. The minimum Gasteiger partial charge on any atom is -0.406 e. The van der Waals surface area contributed by atoms with Crippen LogP contribution in [0.4, 0.5) is 14.9 Å². The van der Waals surface area contributed by atoms with Crippen molar-refractivity contribution in [3.63, 3.8) is 0 Å². The van der Waals surface area contributed by atoms with Crippen molar-refractivity contribution in [3.05, 3.63) is 155 Å². The van der Waals surface area contributed by atoms with Crippen LogP contribution >= 0.6 is 0 Å². The molecule has 12 heteroatoms. The number of carbonyl (C=O) groups excluding carboxylic acids is 2. The second-order valence-corrected chi connectivity index (χ2v) is 19.7. The molecule has 2 aromatic heterocycles. The number of hydrogen-bond acceptors (Lipinski definition) is 6. The Labute approximate surface area is 347 Å². The minimum absolute atomic E-state index is 0.0319. The average molecular weight is 811 g/mol. The molecule has 0 radical (unpaired) electrons. The fourth-order valence-electron chi connectivity index (χ4n) is 7.57. The number of aliphatic hydroxyl groups is 1. The van der Waals surface area contributed by atoms with Gasteiger partial charge >= 0.3 is 6.03 Å². The lowest BCUT2D eigenvalue weighted by Crippen LogP contribution is -2.41. The Morgan fingerprint density at radius 1 is 0.881 bits per heavy atom. The average Bonchev–Trinajstić information content (AvgIpc) is 3.66. The lowest BCUT2D eigenvalue weighted by molar-refractivity contribution is 0.0780. The van der Waals surface area contributed by atoms with Crippen LogP contribution in [0.15, 0.2) is 116 Å². The second kappa shape index (κ2) is 16.4. The molecule has 0 fully saturated rings. The smallest absolute Gasteiger partial charge is 0.319 e. The number of nitrogens with one attached hydrogen (secondary N) is 2. The van der Waals surface area contributed by atoms with E-state index in [1.54, 1.807) is 38.9 Å². The van der Waals surface area contributed by atoms with Crippen LogP contribution in [0, 0.1) is 5.82 Å². The topological polar surface area (TPSA) is 124 Å². The summed E-state index contributed by atoms with van der Waals surface area (Å²) in [5.41, 5.74) is 4.23. The predicted molar refractivity (Wildman–Crippen MR) is 234 cm³/mol. The van der Waals surface area contributed by atoms with Crippen LogP contribution in [0.5, 0.6) is 0 Å². The maximum Gasteiger partial charge on any atom is 0.319 e. The molecule has 0 saturated heterocycles. The molecular formula is C47H51FN6O4Si. The highest BCUT2D eigenvalue weighted by Crippen LogP contribution is 2.49. The van der Waals surface area contributed by atoms with E-state index < -0.39 is 32.7 Å². The first-order chi connectivity index (χ1) is 28.1. The van der Waals surface area contributed by atoms with Crippen LogP contribution in [0.3, 0.4) is 0 Å². The van der Waals surface area contributed by atoms with Crippen LogP contribution in [0.2, 0.25) is 5.04 Å². The molecule has 304 valence electrons. The van der Waals surface area contributed by atoms with Gasteiger partial charge in [0, 0.05) is 55.1 Å². The van der Waals surface area contributed by atoms with Gasteiger partial charge in [0.05, 0.1) is 16.9 Å². The summed E-state index contributed by atoms with van der Waals surface area (Å²) in [6.45, 7) is 10.7. The molecule has 0 aliphatic carbocycles. The number of amides is 3. The van der Waals surface area contributed by atoms with Crippen molar-refractivity contribution >= 4 is 44.0 Å². The number of fused-ring (bicyclic) bond motifs is 1. The lowest BCUT2D eigenvalue weighted by atomic mass is 9.76. The molecule has 4 aromatic carbocycles. The molecule has 0 saturated carbocycles. The Bertz CT molecular complexity index is 2490. The molecule has 1 aliphatic rings. The lowest BCUT2D eigenvalue weighted by Gasteiger charge is -2.40. The second-order valence-electron chi connectivity index (χ2n) is 17.0. The molecule has 59 heavy (non-hydrogen) atoms. The number of aromatic amines is 1. The molecule has 7 rings (SSSR count). The standard InChI is InChI=1S/C47H51FN6O4Si/c1-45(2,3)59-58-47(31-15-10-8-11-16-31,32-17-12-9-13-18-32)40-35(19-14-20-38(40)52-43(55)34-22-21-33(27-37(34)48)46(4,5)57)41-36-28-39(51-42(36)50-29-49-41)30-23-25-54(26-24-30)44(56)53(6)7/h8-23,27-29,57H,24-26,59H2,1-7H3,(H,52,55)(H,49,50,51). The molecule has 0 atom stereocenters. The van der Waals surface area contributed by atoms with E-state index in [1.807, 2.05) is 89.8 Å². The Morgan fingerprint density at radius 3 is 2.14 bits per heavy atom. The molecule has 3 heterocycles. The molecule has 1 aliphatic heterocycles. The first kappa shape index (κ1) is 41.2. The van der Waals surface area contributed by atoms with Crippen molar-refractivity contribution in [1.29, 1.82) is 0 Å². The molecule has 3 amide bonds. The highest BCUT2D eigenvalue weighted by Gasteiger charge is 2.43. The molecule has 6 aromatic rings. The minimum atomic E-state index is -1.34. The molecule has 10 nitrogen and oxygen atoms in total. The van der Waals surface area contributed by atoms with Crippen molar-refractivity contribution in [1.82, 2.24) is 24.8 Å². The zero-order valence-corrected chi connectivity index (χ0v) is 36.1. The largest absolute Gasteiger partial charge is 0.406 e. The van der Waals surface area contributed by atoms with E-state index in [2.05, 4.69) is 42.1 Å². The highest BCUT2D eigenvalue weighted by atomic mass is 28.2. The quantitative estimate of drug-likeness (QED) is 0.0941. The van der Waals surface area contributed by atoms with Crippen molar-refractivity contribution in [2.24, 2.45) is 0 Å². The number of carbonyl (C=O) groups is 2. The Kier molecular flexibility index (Phi) is 11.4. The van der Waals surface area contributed by atoms with Gasteiger partial charge in [-0.05, 0) is 71.8 Å². The van der Waals surface area contributed by atoms with Crippen LogP contribution in [-0.4, -0.2) is 78.7 Å². The number of aromatic nitrogens is 3. The summed E-state index contributed by atoms with van der Waals surface area (Å²) in [6, 6.07) is 31.8. The number of benzene rings is 4. The molecule has 0 bridgehead atoms. The normalized spacial score (nSPS) is 13.8. The third kappa shape index (κ3) is 8.47. The van der Waals surface area contributed by atoms with Gasteiger partial charge in [0.25, 0.3) is 5.91 Å².